The van der Waals surface area contributed by atoms with Crippen molar-refractivity contribution in [2.45, 2.75) is 26.0 Å². The van der Waals surface area contributed by atoms with E-state index in [0.717, 1.165) is 29.0 Å². The van der Waals surface area contributed by atoms with Crippen LogP contribution in [-0.4, -0.2) is 41.7 Å². The fourth-order valence-electron chi connectivity index (χ4n) is 3.60. The molecule has 0 aliphatic carbocycles. The number of nitrogens with zero attached hydrogens (tertiary/aromatic N) is 1. The lowest BCUT2D eigenvalue weighted by atomic mass is 9.93. The summed E-state index contributed by atoms with van der Waals surface area (Å²) in [4.78, 5) is 13.2. The van der Waals surface area contributed by atoms with Gasteiger partial charge in [0.15, 0.2) is 0 Å². The molecule has 1 fully saturated rings. The highest BCUT2D eigenvalue weighted by molar-refractivity contribution is 5.71. The third-order valence-corrected chi connectivity index (χ3v) is 5.19. The van der Waals surface area contributed by atoms with Gasteiger partial charge in [-0.2, -0.15) is 0 Å². The van der Waals surface area contributed by atoms with Crippen LogP contribution in [-0.2, 0) is 17.8 Å². The quantitative estimate of drug-likeness (QED) is 0.896. The number of carboxylic acid groups (broad SMARTS) is 1. The van der Waals surface area contributed by atoms with E-state index < -0.39 is 5.97 Å². The van der Waals surface area contributed by atoms with Gasteiger partial charge in [0.25, 0.3) is 0 Å². The van der Waals surface area contributed by atoms with Crippen molar-refractivity contribution in [3.05, 3.63) is 59.2 Å². The van der Waals surface area contributed by atoms with E-state index in [1.165, 1.54) is 5.56 Å². The van der Waals surface area contributed by atoms with Gasteiger partial charge in [-0.1, -0.05) is 35.9 Å². The first-order chi connectivity index (χ1) is 12.6. The minimum Gasteiger partial charge on any atom is -0.492 e. The second-order valence-electron chi connectivity index (χ2n) is 7.21. The molecule has 2 aromatic carbocycles. The molecule has 5 nitrogen and oxygen atoms in total. The molecular weight excluding hydrogens is 330 g/mol. The first kappa shape index (κ1) is 16.9. The van der Waals surface area contributed by atoms with Crippen LogP contribution >= 0.6 is 0 Å². The number of ether oxygens (including phenoxy) is 2. The first-order valence-corrected chi connectivity index (χ1v) is 8.99. The van der Waals surface area contributed by atoms with Gasteiger partial charge in [0, 0.05) is 25.2 Å². The van der Waals surface area contributed by atoms with Gasteiger partial charge >= 0.3 is 5.97 Å². The van der Waals surface area contributed by atoms with Gasteiger partial charge in [-0.05, 0) is 30.5 Å². The predicted molar refractivity (Wildman–Crippen MR) is 97.6 cm³/mol. The maximum Gasteiger partial charge on any atom is 0.309 e. The number of carbonyl (C=O) groups is 1. The maximum atomic E-state index is 11.0. The molecule has 5 heteroatoms. The van der Waals surface area contributed by atoms with E-state index >= 15 is 0 Å². The summed E-state index contributed by atoms with van der Waals surface area (Å²) in [6.45, 7) is 4.45. The fraction of sp³-hybridized carbons (Fsp3) is 0.381. The number of hydrogen-bond donors (Lipinski definition) is 1. The summed E-state index contributed by atoms with van der Waals surface area (Å²) in [7, 11) is 0. The number of benzene rings is 2. The van der Waals surface area contributed by atoms with Crippen LogP contribution < -0.4 is 9.47 Å². The molecule has 26 heavy (non-hydrogen) atoms. The number of carboxylic acids is 1. The SMILES string of the molecule is Cc1cccc(COc2ccc3c(c2)OCC(N2CC(C(=O)O)C2)C3)c1. The first-order valence-electron chi connectivity index (χ1n) is 8.99. The van der Waals surface area contributed by atoms with Gasteiger partial charge in [0.05, 0.1) is 5.92 Å². The Balaban J connectivity index is 1.36. The summed E-state index contributed by atoms with van der Waals surface area (Å²) < 4.78 is 11.8. The Kier molecular flexibility index (Phi) is 4.55. The fourth-order valence-corrected chi connectivity index (χ4v) is 3.60. The molecule has 1 unspecified atom stereocenters. The van der Waals surface area contributed by atoms with Crippen LogP contribution in [0.3, 0.4) is 0 Å². The lowest BCUT2D eigenvalue weighted by Gasteiger charge is -2.43. The molecule has 2 heterocycles. The molecule has 136 valence electrons. The van der Waals surface area contributed by atoms with Crippen molar-refractivity contribution in [2.75, 3.05) is 19.7 Å². The largest absolute Gasteiger partial charge is 0.492 e. The Morgan fingerprint density at radius 3 is 2.88 bits per heavy atom. The average Bonchev–Trinajstić information content (AvgIpc) is 2.58. The van der Waals surface area contributed by atoms with Gasteiger partial charge in [-0.3, -0.25) is 9.69 Å². The van der Waals surface area contributed by atoms with Crippen molar-refractivity contribution in [3.63, 3.8) is 0 Å². The number of fused-ring (bicyclic) bond motifs is 1. The Hall–Kier alpha value is -2.53. The van der Waals surface area contributed by atoms with E-state index in [0.29, 0.717) is 26.3 Å². The molecular formula is C21H23NO4. The van der Waals surface area contributed by atoms with Crippen LogP contribution in [0.25, 0.3) is 0 Å². The zero-order valence-electron chi connectivity index (χ0n) is 14.9. The second-order valence-corrected chi connectivity index (χ2v) is 7.21. The molecule has 0 saturated carbocycles. The molecule has 0 radical (unpaired) electrons. The lowest BCUT2D eigenvalue weighted by Crippen LogP contribution is -2.57. The van der Waals surface area contributed by atoms with Crippen molar-refractivity contribution in [1.29, 1.82) is 0 Å². The van der Waals surface area contributed by atoms with Crippen molar-refractivity contribution in [3.8, 4) is 11.5 Å². The van der Waals surface area contributed by atoms with Crippen LogP contribution in [0.2, 0.25) is 0 Å². The smallest absolute Gasteiger partial charge is 0.309 e. The van der Waals surface area contributed by atoms with E-state index in [4.69, 9.17) is 14.6 Å². The number of hydrogen-bond acceptors (Lipinski definition) is 4. The Labute approximate surface area is 153 Å². The Morgan fingerprint density at radius 1 is 1.27 bits per heavy atom. The number of likely N-dealkylation sites (tertiary alicyclic amines) is 1. The number of aryl methyl sites for hydroxylation is 1. The topological polar surface area (TPSA) is 59.0 Å². The zero-order valence-corrected chi connectivity index (χ0v) is 14.9. The van der Waals surface area contributed by atoms with Crippen molar-refractivity contribution >= 4 is 5.97 Å². The summed E-state index contributed by atoms with van der Waals surface area (Å²) >= 11 is 0. The van der Waals surface area contributed by atoms with Gasteiger partial charge in [0.1, 0.15) is 24.7 Å². The third-order valence-electron chi connectivity index (χ3n) is 5.19. The summed E-state index contributed by atoms with van der Waals surface area (Å²) in [5.41, 5.74) is 3.53. The highest BCUT2D eigenvalue weighted by Crippen LogP contribution is 2.32. The molecule has 1 N–H and O–H groups in total. The summed E-state index contributed by atoms with van der Waals surface area (Å²) in [6, 6.07) is 14.5. The van der Waals surface area contributed by atoms with Crippen LogP contribution in [0.5, 0.6) is 11.5 Å². The monoisotopic (exact) mass is 353 g/mol. The summed E-state index contributed by atoms with van der Waals surface area (Å²) in [5.74, 6) is 0.750. The molecule has 0 aromatic heterocycles. The standard InChI is InChI=1S/C21H23NO4/c1-14-3-2-4-15(7-14)12-25-19-6-5-16-8-18(13-26-20(16)9-19)22-10-17(11-22)21(23)24/h2-7,9,17-18H,8,10-13H2,1H3,(H,23,24). The number of rotatable bonds is 5. The molecule has 2 aliphatic rings. The molecule has 4 rings (SSSR count). The van der Waals surface area contributed by atoms with E-state index in [1.54, 1.807) is 0 Å². The Morgan fingerprint density at radius 2 is 2.12 bits per heavy atom. The van der Waals surface area contributed by atoms with Crippen LogP contribution in [0, 0.1) is 12.8 Å². The minimum atomic E-state index is -0.700. The predicted octanol–water partition coefficient (Wildman–Crippen LogP) is 2.89. The van der Waals surface area contributed by atoms with Crippen molar-refractivity contribution < 1.29 is 19.4 Å². The van der Waals surface area contributed by atoms with Crippen LogP contribution in [0.4, 0.5) is 0 Å². The third kappa shape index (κ3) is 3.53. The molecule has 1 saturated heterocycles. The molecule has 0 spiro atoms. The van der Waals surface area contributed by atoms with Gasteiger partial charge < -0.3 is 14.6 Å². The lowest BCUT2D eigenvalue weighted by molar-refractivity contribution is -0.149. The highest BCUT2D eigenvalue weighted by atomic mass is 16.5. The van der Waals surface area contributed by atoms with Gasteiger partial charge in [-0.25, -0.2) is 0 Å². The van der Waals surface area contributed by atoms with E-state index in [2.05, 4.69) is 36.1 Å². The number of aliphatic carboxylic acids is 1. The van der Waals surface area contributed by atoms with E-state index in [1.807, 2.05) is 18.2 Å². The molecule has 0 amide bonds. The summed E-state index contributed by atoms with van der Waals surface area (Å²) in [6.07, 6.45) is 0.889. The van der Waals surface area contributed by atoms with E-state index in [9.17, 15) is 4.79 Å². The van der Waals surface area contributed by atoms with E-state index in [-0.39, 0.29) is 12.0 Å². The molecule has 1 atom stereocenters. The van der Waals surface area contributed by atoms with Crippen molar-refractivity contribution in [1.82, 2.24) is 4.90 Å². The Bertz CT molecular complexity index is 813. The average molecular weight is 353 g/mol. The minimum absolute atomic E-state index is 0.228. The molecule has 2 aromatic rings. The normalized spacial score (nSPS) is 20.0. The molecule has 2 aliphatic heterocycles. The van der Waals surface area contributed by atoms with Crippen molar-refractivity contribution in [2.24, 2.45) is 5.92 Å². The molecule has 0 bridgehead atoms. The van der Waals surface area contributed by atoms with Crippen LogP contribution in [0.15, 0.2) is 42.5 Å². The second kappa shape index (κ2) is 7.00. The highest BCUT2D eigenvalue weighted by Gasteiger charge is 2.38. The van der Waals surface area contributed by atoms with Crippen LogP contribution in [0.1, 0.15) is 16.7 Å². The van der Waals surface area contributed by atoms with Gasteiger partial charge in [-0.15, -0.1) is 0 Å². The summed E-state index contributed by atoms with van der Waals surface area (Å²) in [5, 5.41) is 9.01. The maximum absolute atomic E-state index is 11.0. The zero-order chi connectivity index (χ0) is 18.1. The van der Waals surface area contributed by atoms with Gasteiger partial charge in [0.2, 0.25) is 0 Å².